The number of carbonyl (C=O) groups is 2. The molecule has 0 amide bonds. The zero-order valence-electron chi connectivity index (χ0n) is 13.0. The molecule has 1 heterocycles. The summed E-state index contributed by atoms with van der Waals surface area (Å²) in [6.45, 7) is -0.373. The first kappa shape index (κ1) is 17.9. The number of benzene rings is 1. The molecular weight excluding hydrogens is 324 g/mol. The average molecular weight is 339 g/mol. The molecule has 0 aromatic heterocycles. The molecule has 0 aliphatic carbocycles. The second-order valence-electron chi connectivity index (χ2n) is 4.79. The van der Waals surface area contributed by atoms with Crippen molar-refractivity contribution in [3.05, 3.63) is 35.3 Å². The average Bonchev–Trinajstić information content (AvgIpc) is 2.59. The molecule has 2 rings (SSSR count). The van der Waals surface area contributed by atoms with Crippen LogP contribution in [-0.2, 0) is 23.8 Å². The van der Waals surface area contributed by atoms with Crippen molar-refractivity contribution in [3.8, 4) is 0 Å². The molecule has 0 saturated heterocycles. The van der Waals surface area contributed by atoms with E-state index >= 15 is 0 Å². The molecule has 0 spiro atoms. The summed E-state index contributed by atoms with van der Waals surface area (Å²) < 4.78 is 28.0. The van der Waals surface area contributed by atoms with Crippen molar-refractivity contribution in [2.24, 2.45) is 0 Å². The lowest BCUT2D eigenvalue weighted by molar-refractivity contribution is -0.140. The predicted octanol–water partition coefficient (Wildman–Crippen LogP) is -1.10. The van der Waals surface area contributed by atoms with Gasteiger partial charge in [-0.2, -0.15) is 0 Å². The van der Waals surface area contributed by atoms with Gasteiger partial charge < -0.3 is 29.2 Å². The van der Waals surface area contributed by atoms with E-state index in [1.54, 1.807) is 0 Å². The molecule has 8 nitrogen and oxygen atoms in total. The Hall–Kier alpha value is -2.43. The number of nitrogens with zero attached hydrogens (tertiary/aromatic N) is 1. The van der Waals surface area contributed by atoms with E-state index in [-0.39, 0.29) is 35.8 Å². The minimum absolute atomic E-state index is 0.0768. The summed E-state index contributed by atoms with van der Waals surface area (Å²) in [5.74, 6) is -2.34. The monoisotopic (exact) mass is 339 g/mol. The molecule has 24 heavy (non-hydrogen) atoms. The van der Waals surface area contributed by atoms with Crippen LogP contribution in [-0.4, -0.2) is 56.7 Å². The zero-order valence-corrected chi connectivity index (χ0v) is 13.0. The highest BCUT2D eigenvalue weighted by atomic mass is 19.1. The molecule has 1 aliphatic heterocycles. The van der Waals surface area contributed by atoms with Crippen LogP contribution in [0.5, 0.6) is 0 Å². The minimum Gasteiger partial charge on any atom is -0.466 e. The summed E-state index contributed by atoms with van der Waals surface area (Å²) in [5, 5.41) is 18.9. The van der Waals surface area contributed by atoms with Gasteiger partial charge in [0.15, 0.2) is 0 Å². The Morgan fingerprint density at radius 3 is 2.50 bits per heavy atom. The quantitative estimate of drug-likeness (QED) is 0.526. The fourth-order valence-corrected chi connectivity index (χ4v) is 2.31. The third-order valence-corrected chi connectivity index (χ3v) is 3.39. The van der Waals surface area contributed by atoms with Crippen LogP contribution in [0.3, 0.4) is 0 Å². The second-order valence-corrected chi connectivity index (χ2v) is 4.79. The number of esters is 2. The van der Waals surface area contributed by atoms with Crippen LogP contribution in [0, 0.1) is 5.82 Å². The Bertz CT molecular complexity index is 692. The number of carbonyl (C=O) groups excluding carboxylic acids is 2. The van der Waals surface area contributed by atoms with Crippen molar-refractivity contribution in [2.45, 2.75) is 0 Å². The topological polar surface area (TPSA) is 106 Å². The molecule has 1 aromatic carbocycles. The van der Waals surface area contributed by atoms with Gasteiger partial charge in [0.2, 0.25) is 0 Å². The summed E-state index contributed by atoms with van der Waals surface area (Å²) >= 11 is 0. The van der Waals surface area contributed by atoms with Gasteiger partial charge in [0.1, 0.15) is 18.2 Å². The van der Waals surface area contributed by atoms with Crippen LogP contribution in [0.4, 0.5) is 10.1 Å². The Balaban J connectivity index is 2.63. The largest absolute Gasteiger partial charge is 0.490 e. The maximum Gasteiger partial charge on any atom is 0.490 e. The van der Waals surface area contributed by atoms with E-state index in [2.05, 4.69) is 9.47 Å². The van der Waals surface area contributed by atoms with Gasteiger partial charge >= 0.3 is 19.1 Å². The van der Waals surface area contributed by atoms with E-state index in [1.807, 2.05) is 0 Å². The van der Waals surface area contributed by atoms with E-state index in [1.165, 1.54) is 11.0 Å². The van der Waals surface area contributed by atoms with E-state index in [0.29, 0.717) is 0 Å². The molecule has 0 saturated carbocycles. The molecule has 0 bridgehead atoms. The van der Waals surface area contributed by atoms with Crippen LogP contribution in [0.1, 0.15) is 0 Å². The van der Waals surface area contributed by atoms with Gasteiger partial charge in [-0.15, -0.1) is 0 Å². The van der Waals surface area contributed by atoms with Crippen LogP contribution in [0.15, 0.2) is 29.5 Å². The lowest BCUT2D eigenvalue weighted by Crippen LogP contribution is -2.43. The van der Waals surface area contributed by atoms with Gasteiger partial charge in [0.05, 0.1) is 26.4 Å². The molecule has 10 heteroatoms. The first-order valence-electron chi connectivity index (χ1n) is 6.81. The van der Waals surface area contributed by atoms with Crippen LogP contribution in [0.25, 0.3) is 0 Å². The fraction of sp³-hybridized carbons (Fsp3) is 0.286. The van der Waals surface area contributed by atoms with Crippen molar-refractivity contribution in [3.63, 3.8) is 0 Å². The summed E-state index contributed by atoms with van der Waals surface area (Å²) in [6.07, 6.45) is 0. The van der Waals surface area contributed by atoms with Crippen LogP contribution < -0.4 is 10.4 Å². The molecule has 1 aliphatic rings. The van der Waals surface area contributed by atoms with Gasteiger partial charge in [-0.25, -0.2) is 14.0 Å². The molecule has 0 atom stereocenters. The fourth-order valence-electron chi connectivity index (χ4n) is 2.31. The van der Waals surface area contributed by atoms with Crippen molar-refractivity contribution in [2.75, 3.05) is 32.5 Å². The predicted molar refractivity (Wildman–Crippen MR) is 80.6 cm³/mol. The van der Waals surface area contributed by atoms with Gasteiger partial charge in [-0.1, -0.05) is 0 Å². The molecule has 0 fully saturated rings. The highest BCUT2D eigenvalue weighted by Crippen LogP contribution is 2.26. The lowest BCUT2D eigenvalue weighted by Gasteiger charge is -2.32. The number of hydrogen-bond donors (Lipinski definition) is 2. The Labute approximate surface area is 137 Å². The number of rotatable bonds is 4. The first-order valence-corrected chi connectivity index (χ1v) is 6.81. The molecular formula is C14H15BFNO7. The number of ether oxygens (including phenoxy) is 3. The van der Waals surface area contributed by atoms with Gasteiger partial charge in [-0.05, 0) is 18.2 Å². The highest BCUT2D eigenvalue weighted by Gasteiger charge is 2.34. The van der Waals surface area contributed by atoms with E-state index < -0.39 is 24.9 Å². The maximum atomic E-state index is 13.4. The summed E-state index contributed by atoms with van der Waals surface area (Å²) in [4.78, 5) is 25.2. The molecule has 2 N–H and O–H groups in total. The molecule has 1 aromatic rings. The number of methoxy groups -OCH3 is 2. The smallest absolute Gasteiger partial charge is 0.466 e. The third kappa shape index (κ3) is 3.40. The van der Waals surface area contributed by atoms with Crippen LogP contribution >= 0.6 is 0 Å². The van der Waals surface area contributed by atoms with Crippen molar-refractivity contribution in [1.29, 1.82) is 0 Å². The first-order chi connectivity index (χ1) is 11.4. The number of hydrogen-bond acceptors (Lipinski definition) is 8. The maximum absolute atomic E-state index is 13.4. The zero-order chi connectivity index (χ0) is 17.9. The lowest BCUT2D eigenvalue weighted by atomic mass is 9.78. The second kappa shape index (κ2) is 7.43. The third-order valence-electron chi connectivity index (χ3n) is 3.39. The number of anilines is 1. The van der Waals surface area contributed by atoms with Gasteiger partial charge in [0.25, 0.3) is 0 Å². The van der Waals surface area contributed by atoms with Crippen molar-refractivity contribution < 1.29 is 38.2 Å². The van der Waals surface area contributed by atoms with Crippen LogP contribution in [0.2, 0.25) is 0 Å². The minimum atomic E-state index is -2.00. The Morgan fingerprint density at radius 1 is 1.25 bits per heavy atom. The summed E-state index contributed by atoms with van der Waals surface area (Å²) in [7, 11) is 0.270. The molecule has 128 valence electrons. The summed E-state index contributed by atoms with van der Waals surface area (Å²) in [5.41, 5.74) is -0.401. The Morgan fingerprint density at radius 2 is 1.92 bits per heavy atom. The van der Waals surface area contributed by atoms with Gasteiger partial charge in [-0.3, -0.25) is 0 Å². The highest BCUT2D eigenvalue weighted by molar-refractivity contribution is 6.60. The number of halogens is 1. The summed E-state index contributed by atoms with van der Waals surface area (Å²) in [6, 6.07) is 3.21. The van der Waals surface area contributed by atoms with Crippen molar-refractivity contribution in [1.82, 2.24) is 0 Å². The SMILES string of the molecule is COC(=O)C1=C(C(=O)OC)N(c2ccc(F)cc2B(O)O)COC1. The molecule has 0 unspecified atom stereocenters. The van der Waals surface area contributed by atoms with E-state index in [9.17, 15) is 24.0 Å². The van der Waals surface area contributed by atoms with Crippen molar-refractivity contribution >= 4 is 30.2 Å². The van der Waals surface area contributed by atoms with Gasteiger partial charge in [0, 0.05) is 11.2 Å². The normalized spacial score (nSPS) is 14.5. The Kier molecular flexibility index (Phi) is 5.55. The van der Waals surface area contributed by atoms with E-state index in [0.717, 1.165) is 26.4 Å². The van der Waals surface area contributed by atoms with E-state index in [4.69, 9.17) is 4.74 Å². The molecule has 0 radical (unpaired) electrons. The standard InChI is InChI=1S/C14H15BFNO7/c1-22-13(18)9-6-24-7-17(12(9)14(19)23-2)11-4-3-8(16)5-10(11)15(20)21/h3-5,20-21H,6-7H2,1-2H3.